The summed E-state index contributed by atoms with van der Waals surface area (Å²) in [7, 11) is 0. The van der Waals surface area contributed by atoms with Crippen molar-refractivity contribution in [3.05, 3.63) is 35.9 Å². The standard InChI is InChI=1S/C16H21NO4/c18-14(19)9-4-10-17-16(20)13-8-5-11-21-15(13)12-6-2-1-3-7-12/h1-3,6-7,13,15H,4-5,8-11H2,(H,17,20)(H,18,19). The smallest absolute Gasteiger partial charge is 0.303 e. The van der Waals surface area contributed by atoms with Gasteiger partial charge >= 0.3 is 5.97 Å². The van der Waals surface area contributed by atoms with Crippen LogP contribution in [0.25, 0.3) is 0 Å². The number of carbonyl (C=O) groups excluding carboxylic acids is 1. The number of amides is 1. The molecule has 2 N–H and O–H groups in total. The molecule has 5 nitrogen and oxygen atoms in total. The molecule has 1 aromatic carbocycles. The second kappa shape index (κ2) is 7.78. The van der Waals surface area contributed by atoms with E-state index in [9.17, 15) is 9.59 Å². The molecular formula is C16H21NO4. The Labute approximate surface area is 124 Å². The van der Waals surface area contributed by atoms with Gasteiger partial charge in [0.2, 0.25) is 5.91 Å². The van der Waals surface area contributed by atoms with Gasteiger partial charge < -0.3 is 15.2 Å². The molecule has 1 aliphatic rings. The summed E-state index contributed by atoms with van der Waals surface area (Å²) in [5.41, 5.74) is 1.02. The van der Waals surface area contributed by atoms with E-state index < -0.39 is 5.97 Å². The molecule has 1 saturated heterocycles. The van der Waals surface area contributed by atoms with Crippen LogP contribution in [0.1, 0.15) is 37.4 Å². The third kappa shape index (κ3) is 4.56. The minimum atomic E-state index is -0.840. The molecule has 0 spiro atoms. The summed E-state index contributed by atoms with van der Waals surface area (Å²) >= 11 is 0. The lowest BCUT2D eigenvalue weighted by atomic mass is 9.89. The average molecular weight is 291 g/mol. The first-order chi connectivity index (χ1) is 10.2. The van der Waals surface area contributed by atoms with Gasteiger partial charge in [-0.2, -0.15) is 0 Å². The van der Waals surface area contributed by atoms with E-state index in [1.54, 1.807) is 0 Å². The van der Waals surface area contributed by atoms with Gasteiger partial charge in [0.1, 0.15) is 0 Å². The van der Waals surface area contributed by atoms with Crippen LogP contribution >= 0.6 is 0 Å². The molecule has 1 amide bonds. The molecule has 0 radical (unpaired) electrons. The normalized spacial score (nSPS) is 21.7. The number of ether oxygens (including phenoxy) is 1. The van der Waals surface area contributed by atoms with E-state index in [1.165, 1.54) is 0 Å². The summed E-state index contributed by atoms with van der Waals surface area (Å²) in [6.45, 7) is 1.06. The van der Waals surface area contributed by atoms with Gasteiger partial charge in [-0.05, 0) is 24.8 Å². The van der Waals surface area contributed by atoms with Crippen LogP contribution in [0.15, 0.2) is 30.3 Å². The number of nitrogens with one attached hydrogen (secondary N) is 1. The van der Waals surface area contributed by atoms with Crippen LogP contribution in [-0.2, 0) is 14.3 Å². The summed E-state index contributed by atoms with van der Waals surface area (Å²) in [4.78, 5) is 22.7. The molecule has 114 valence electrons. The second-order valence-corrected chi connectivity index (χ2v) is 5.24. The molecule has 1 aromatic rings. The third-order valence-corrected chi connectivity index (χ3v) is 3.65. The summed E-state index contributed by atoms with van der Waals surface area (Å²) in [5.74, 6) is -1.09. The van der Waals surface area contributed by atoms with Crippen molar-refractivity contribution in [3.63, 3.8) is 0 Å². The third-order valence-electron chi connectivity index (χ3n) is 3.65. The zero-order valence-corrected chi connectivity index (χ0v) is 12.0. The first-order valence-corrected chi connectivity index (χ1v) is 7.34. The van der Waals surface area contributed by atoms with Crippen LogP contribution in [-0.4, -0.2) is 30.1 Å². The van der Waals surface area contributed by atoms with Crippen molar-refractivity contribution in [1.82, 2.24) is 5.32 Å². The number of hydrogen-bond donors (Lipinski definition) is 2. The number of rotatable bonds is 6. The van der Waals surface area contributed by atoms with E-state index >= 15 is 0 Å². The fourth-order valence-electron chi connectivity index (χ4n) is 2.60. The van der Waals surface area contributed by atoms with Crippen LogP contribution < -0.4 is 5.32 Å². The van der Waals surface area contributed by atoms with E-state index in [-0.39, 0.29) is 24.3 Å². The highest BCUT2D eigenvalue weighted by molar-refractivity contribution is 5.79. The van der Waals surface area contributed by atoms with Crippen LogP contribution in [0.3, 0.4) is 0 Å². The monoisotopic (exact) mass is 291 g/mol. The van der Waals surface area contributed by atoms with E-state index in [0.717, 1.165) is 18.4 Å². The molecule has 0 bridgehead atoms. The van der Waals surface area contributed by atoms with E-state index in [1.807, 2.05) is 30.3 Å². The minimum absolute atomic E-state index is 0.0473. The van der Waals surface area contributed by atoms with Crippen LogP contribution in [0.2, 0.25) is 0 Å². The Morgan fingerprint density at radius 2 is 2.05 bits per heavy atom. The molecule has 0 aromatic heterocycles. The SMILES string of the molecule is O=C(O)CCCNC(=O)C1CCCOC1c1ccccc1. The lowest BCUT2D eigenvalue weighted by Crippen LogP contribution is -2.38. The number of carbonyl (C=O) groups is 2. The molecule has 5 heteroatoms. The first-order valence-electron chi connectivity index (χ1n) is 7.34. The zero-order chi connectivity index (χ0) is 15.1. The lowest BCUT2D eigenvalue weighted by molar-refractivity contribution is -0.138. The van der Waals surface area contributed by atoms with Gasteiger partial charge in [-0.15, -0.1) is 0 Å². The largest absolute Gasteiger partial charge is 0.481 e. The van der Waals surface area contributed by atoms with Crippen molar-refractivity contribution in [1.29, 1.82) is 0 Å². The van der Waals surface area contributed by atoms with Gasteiger partial charge in [-0.3, -0.25) is 9.59 Å². The van der Waals surface area contributed by atoms with Crippen LogP contribution in [0, 0.1) is 5.92 Å². The molecular weight excluding hydrogens is 270 g/mol. The van der Waals surface area contributed by atoms with Gasteiger partial charge in [0, 0.05) is 19.6 Å². The number of hydrogen-bond acceptors (Lipinski definition) is 3. The van der Waals surface area contributed by atoms with Crippen LogP contribution in [0.4, 0.5) is 0 Å². The molecule has 2 atom stereocenters. The molecule has 21 heavy (non-hydrogen) atoms. The van der Waals surface area contributed by atoms with Crippen molar-refractivity contribution in [3.8, 4) is 0 Å². The van der Waals surface area contributed by atoms with Gasteiger partial charge in [-0.25, -0.2) is 0 Å². The van der Waals surface area contributed by atoms with Crippen molar-refractivity contribution in [2.45, 2.75) is 31.8 Å². The maximum atomic E-state index is 12.3. The molecule has 1 heterocycles. The Morgan fingerprint density at radius 3 is 2.76 bits per heavy atom. The highest BCUT2D eigenvalue weighted by Gasteiger charge is 2.32. The topological polar surface area (TPSA) is 75.6 Å². The van der Waals surface area contributed by atoms with E-state index in [2.05, 4.69) is 5.32 Å². The minimum Gasteiger partial charge on any atom is -0.481 e. The summed E-state index contributed by atoms with van der Waals surface area (Å²) in [6.07, 6.45) is 1.98. The predicted octanol–water partition coefficient (Wildman–Crippen LogP) is 2.14. The van der Waals surface area contributed by atoms with Gasteiger partial charge in [0.05, 0.1) is 12.0 Å². The zero-order valence-electron chi connectivity index (χ0n) is 12.0. The molecule has 2 rings (SSSR count). The van der Waals surface area contributed by atoms with Gasteiger partial charge in [0.15, 0.2) is 0 Å². The highest BCUT2D eigenvalue weighted by atomic mass is 16.5. The van der Waals surface area contributed by atoms with Crippen molar-refractivity contribution in [2.75, 3.05) is 13.2 Å². The average Bonchev–Trinajstić information content (AvgIpc) is 2.52. The molecule has 1 fully saturated rings. The Kier molecular flexibility index (Phi) is 5.75. The van der Waals surface area contributed by atoms with Crippen LogP contribution in [0.5, 0.6) is 0 Å². The maximum Gasteiger partial charge on any atom is 0.303 e. The number of aliphatic carboxylic acids is 1. The van der Waals surface area contributed by atoms with E-state index in [4.69, 9.17) is 9.84 Å². The fourth-order valence-corrected chi connectivity index (χ4v) is 2.60. The summed E-state index contributed by atoms with van der Waals surface area (Å²) in [6, 6.07) is 9.76. The Hall–Kier alpha value is -1.88. The summed E-state index contributed by atoms with van der Waals surface area (Å²) in [5, 5.41) is 11.4. The first kappa shape index (κ1) is 15.5. The Bertz CT molecular complexity index is 474. The van der Waals surface area contributed by atoms with Crippen molar-refractivity contribution >= 4 is 11.9 Å². The van der Waals surface area contributed by atoms with E-state index in [0.29, 0.717) is 19.6 Å². The highest BCUT2D eigenvalue weighted by Crippen LogP contribution is 2.33. The Morgan fingerprint density at radius 1 is 1.29 bits per heavy atom. The quantitative estimate of drug-likeness (QED) is 0.787. The van der Waals surface area contributed by atoms with Crippen molar-refractivity contribution < 1.29 is 19.4 Å². The predicted molar refractivity (Wildman–Crippen MR) is 77.7 cm³/mol. The second-order valence-electron chi connectivity index (χ2n) is 5.24. The number of carboxylic acids is 1. The maximum absolute atomic E-state index is 12.3. The fraction of sp³-hybridized carbons (Fsp3) is 0.500. The summed E-state index contributed by atoms with van der Waals surface area (Å²) < 4.78 is 5.79. The number of carboxylic acid groups (broad SMARTS) is 1. The molecule has 1 aliphatic heterocycles. The molecule has 0 aliphatic carbocycles. The van der Waals surface area contributed by atoms with Crippen molar-refractivity contribution in [2.24, 2.45) is 5.92 Å². The van der Waals surface area contributed by atoms with Gasteiger partial charge in [-0.1, -0.05) is 30.3 Å². The molecule has 0 saturated carbocycles. The number of benzene rings is 1. The molecule has 2 unspecified atom stereocenters. The van der Waals surface area contributed by atoms with Gasteiger partial charge in [0.25, 0.3) is 0 Å². The lowest BCUT2D eigenvalue weighted by Gasteiger charge is -2.31. The Balaban J connectivity index is 1.92.